The Kier molecular flexibility index (Phi) is 6.96. The number of ether oxygens (including phenoxy) is 2. The molecule has 3 aliphatic heterocycles. The van der Waals surface area contributed by atoms with Gasteiger partial charge in [-0.1, -0.05) is 6.07 Å². The first kappa shape index (κ1) is 23.9. The summed E-state index contributed by atoms with van der Waals surface area (Å²) in [5, 5.41) is 11.6. The summed E-state index contributed by atoms with van der Waals surface area (Å²) in [6.45, 7) is 5.52. The zero-order chi connectivity index (χ0) is 24.3. The summed E-state index contributed by atoms with van der Waals surface area (Å²) in [6.07, 6.45) is -1.53. The van der Waals surface area contributed by atoms with E-state index in [0.717, 1.165) is 57.2 Å². The van der Waals surface area contributed by atoms with E-state index in [1.165, 1.54) is 11.3 Å². The molecule has 0 saturated carbocycles. The molecule has 9 nitrogen and oxygen atoms in total. The third kappa shape index (κ3) is 5.79. The molecule has 0 radical (unpaired) electrons. The van der Waals surface area contributed by atoms with E-state index in [-0.39, 0.29) is 0 Å². The number of amides is 1. The summed E-state index contributed by atoms with van der Waals surface area (Å²) in [6, 6.07) is 8.26. The molecule has 1 aromatic carbocycles. The lowest BCUT2D eigenvalue weighted by molar-refractivity contribution is -0.192. The molecule has 1 fully saturated rings. The fraction of sp³-hybridized carbons (Fsp3) is 0.500. The molecule has 3 aliphatic rings. The van der Waals surface area contributed by atoms with Gasteiger partial charge in [-0.2, -0.15) is 18.3 Å². The maximum Gasteiger partial charge on any atom is 0.490 e. The van der Waals surface area contributed by atoms with Crippen molar-refractivity contribution >= 4 is 11.9 Å². The number of benzene rings is 1. The molecule has 5 rings (SSSR count). The predicted molar refractivity (Wildman–Crippen MR) is 112 cm³/mol. The van der Waals surface area contributed by atoms with E-state index in [0.29, 0.717) is 25.0 Å². The van der Waals surface area contributed by atoms with Gasteiger partial charge in [-0.3, -0.25) is 14.4 Å². The zero-order valence-corrected chi connectivity index (χ0v) is 18.3. The van der Waals surface area contributed by atoms with Crippen LogP contribution in [0.25, 0.3) is 0 Å². The van der Waals surface area contributed by atoms with Gasteiger partial charge in [0.1, 0.15) is 0 Å². The van der Waals surface area contributed by atoms with Crippen molar-refractivity contribution in [2.24, 2.45) is 5.92 Å². The molecule has 34 heavy (non-hydrogen) atoms. The second kappa shape index (κ2) is 9.92. The number of carbonyl (C=O) groups excluding carboxylic acids is 1. The maximum atomic E-state index is 12.1. The summed E-state index contributed by atoms with van der Waals surface area (Å²) in [5.41, 5.74) is 2.44. The number of nitrogens with zero attached hydrogens (tertiary/aromatic N) is 4. The van der Waals surface area contributed by atoms with E-state index in [2.05, 4.69) is 32.9 Å². The molecule has 1 unspecified atom stereocenters. The van der Waals surface area contributed by atoms with Crippen LogP contribution in [0.5, 0.6) is 11.5 Å². The van der Waals surface area contributed by atoms with E-state index in [1.54, 1.807) is 0 Å². The monoisotopic (exact) mass is 482 g/mol. The fourth-order valence-corrected chi connectivity index (χ4v) is 4.36. The summed E-state index contributed by atoms with van der Waals surface area (Å²) < 4.78 is 44.8. The molecule has 1 atom stereocenters. The Morgan fingerprint density at radius 2 is 1.94 bits per heavy atom. The van der Waals surface area contributed by atoms with Crippen LogP contribution in [0.1, 0.15) is 24.1 Å². The van der Waals surface area contributed by atoms with Crippen LogP contribution in [0.3, 0.4) is 0 Å². The van der Waals surface area contributed by atoms with Crippen molar-refractivity contribution in [3.05, 3.63) is 41.7 Å². The highest BCUT2D eigenvalue weighted by molar-refractivity contribution is 5.78. The van der Waals surface area contributed by atoms with Crippen molar-refractivity contribution in [1.29, 1.82) is 0 Å². The number of aromatic nitrogens is 2. The number of fused-ring (bicyclic) bond motifs is 2. The van der Waals surface area contributed by atoms with Crippen LogP contribution in [0.2, 0.25) is 0 Å². The Balaban J connectivity index is 0.000000344. The lowest BCUT2D eigenvalue weighted by Gasteiger charge is -2.27. The number of carbonyl (C=O) groups is 2. The normalized spacial score (nSPS) is 19.9. The molecular formula is C22H25F3N4O5. The Labute approximate surface area is 193 Å². The summed E-state index contributed by atoms with van der Waals surface area (Å²) in [7, 11) is 0. The van der Waals surface area contributed by atoms with Gasteiger partial charge >= 0.3 is 12.1 Å². The van der Waals surface area contributed by atoms with Gasteiger partial charge in [-0.25, -0.2) is 4.79 Å². The van der Waals surface area contributed by atoms with Crippen molar-refractivity contribution in [3.63, 3.8) is 0 Å². The molecule has 1 amide bonds. The highest BCUT2D eigenvalue weighted by Crippen LogP contribution is 2.33. The van der Waals surface area contributed by atoms with Gasteiger partial charge in [0.25, 0.3) is 0 Å². The quantitative estimate of drug-likeness (QED) is 0.715. The minimum absolute atomic E-state index is 0.294. The number of carboxylic acids is 1. The number of aliphatic carboxylic acids is 1. The van der Waals surface area contributed by atoms with Gasteiger partial charge in [0.2, 0.25) is 12.7 Å². The number of rotatable bonds is 4. The van der Waals surface area contributed by atoms with Crippen molar-refractivity contribution in [3.8, 4) is 11.5 Å². The van der Waals surface area contributed by atoms with Gasteiger partial charge in [-0.15, -0.1) is 0 Å². The topological polar surface area (TPSA) is 97.1 Å². The molecule has 0 spiro atoms. The number of carboxylic acid groups (broad SMARTS) is 1. The Morgan fingerprint density at radius 1 is 1.18 bits per heavy atom. The average Bonchev–Trinajstić information content (AvgIpc) is 3.48. The van der Waals surface area contributed by atoms with Gasteiger partial charge < -0.3 is 19.5 Å². The standard InChI is InChI=1S/C20H24N4O3.C2HF3O2/c25-20-2-1-7-23(20)11-16-10-22(13-17-5-6-21-24(17)12-16)9-15-3-4-18-19(8-15)27-14-26-18;3-2(4,5)1(6)7/h3-6,8,16H,1-2,7,9-14H2;(H,6,7). The molecular weight excluding hydrogens is 457 g/mol. The lowest BCUT2D eigenvalue weighted by atomic mass is 10.1. The summed E-state index contributed by atoms with van der Waals surface area (Å²) in [5.74, 6) is -0.443. The lowest BCUT2D eigenvalue weighted by Crippen LogP contribution is -2.37. The van der Waals surface area contributed by atoms with Crippen molar-refractivity contribution < 1.29 is 37.3 Å². The first-order valence-electron chi connectivity index (χ1n) is 10.9. The van der Waals surface area contributed by atoms with Crippen LogP contribution in [0.4, 0.5) is 13.2 Å². The highest BCUT2D eigenvalue weighted by atomic mass is 19.4. The first-order chi connectivity index (χ1) is 16.2. The van der Waals surface area contributed by atoms with Crippen LogP contribution in [-0.2, 0) is 29.2 Å². The van der Waals surface area contributed by atoms with E-state index in [4.69, 9.17) is 19.4 Å². The van der Waals surface area contributed by atoms with Crippen LogP contribution in [0.15, 0.2) is 30.5 Å². The highest BCUT2D eigenvalue weighted by Gasteiger charge is 2.38. The van der Waals surface area contributed by atoms with Crippen LogP contribution < -0.4 is 9.47 Å². The molecule has 4 heterocycles. The molecule has 1 N–H and O–H groups in total. The first-order valence-corrected chi connectivity index (χ1v) is 10.9. The molecule has 184 valence electrons. The SMILES string of the molecule is O=C(O)C(F)(F)F.O=C1CCCN1CC1CN(Cc2ccc3c(c2)OCO3)Cc2ccnn2C1. The van der Waals surface area contributed by atoms with E-state index >= 15 is 0 Å². The van der Waals surface area contributed by atoms with Crippen LogP contribution in [0, 0.1) is 5.92 Å². The largest absolute Gasteiger partial charge is 0.490 e. The third-order valence-corrected chi connectivity index (χ3v) is 5.87. The predicted octanol–water partition coefficient (Wildman–Crippen LogP) is 2.50. The van der Waals surface area contributed by atoms with Gasteiger partial charge in [0.15, 0.2) is 11.5 Å². The Morgan fingerprint density at radius 3 is 2.65 bits per heavy atom. The van der Waals surface area contributed by atoms with Crippen molar-refractivity contribution in [1.82, 2.24) is 19.6 Å². The number of alkyl halides is 3. The van der Waals surface area contributed by atoms with E-state index < -0.39 is 12.1 Å². The Bertz CT molecular complexity index is 1040. The van der Waals surface area contributed by atoms with Gasteiger partial charge in [-0.05, 0) is 30.2 Å². The molecule has 0 bridgehead atoms. The Hall–Kier alpha value is -3.28. The molecule has 1 saturated heterocycles. The van der Waals surface area contributed by atoms with Crippen molar-refractivity contribution in [2.45, 2.75) is 38.7 Å². The smallest absolute Gasteiger partial charge is 0.475 e. The minimum Gasteiger partial charge on any atom is -0.475 e. The van der Waals surface area contributed by atoms with Gasteiger partial charge in [0.05, 0.1) is 5.69 Å². The second-order valence-electron chi connectivity index (χ2n) is 8.47. The van der Waals surface area contributed by atoms with E-state index in [9.17, 15) is 18.0 Å². The number of likely N-dealkylation sites (tertiary alicyclic amines) is 1. The summed E-state index contributed by atoms with van der Waals surface area (Å²) >= 11 is 0. The fourth-order valence-electron chi connectivity index (χ4n) is 4.36. The summed E-state index contributed by atoms with van der Waals surface area (Å²) in [4.78, 5) is 25.4. The average molecular weight is 482 g/mol. The third-order valence-electron chi connectivity index (χ3n) is 5.87. The number of hydrogen-bond donors (Lipinski definition) is 1. The maximum absolute atomic E-state index is 12.1. The van der Waals surface area contributed by atoms with Crippen LogP contribution >= 0.6 is 0 Å². The minimum atomic E-state index is -5.08. The molecule has 2 aromatic rings. The second-order valence-corrected chi connectivity index (χ2v) is 8.47. The molecule has 0 aliphatic carbocycles. The zero-order valence-electron chi connectivity index (χ0n) is 18.3. The molecule has 12 heteroatoms. The number of halogens is 3. The number of hydrogen-bond acceptors (Lipinski definition) is 6. The van der Waals surface area contributed by atoms with E-state index in [1.807, 2.05) is 17.2 Å². The van der Waals surface area contributed by atoms with Crippen LogP contribution in [-0.4, -0.2) is 69.2 Å². The molecule has 1 aromatic heterocycles. The van der Waals surface area contributed by atoms with Crippen molar-refractivity contribution in [2.75, 3.05) is 26.4 Å². The van der Waals surface area contributed by atoms with Gasteiger partial charge in [0, 0.05) is 57.8 Å².